The Balaban J connectivity index is 1.71. The molecule has 2 N–H and O–H groups in total. The van der Waals surface area contributed by atoms with Crippen LogP contribution in [0.1, 0.15) is 24.2 Å². The minimum absolute atomic E-state index is 0.455. The van der Waals surface area contributed by atoms with Crippen LogP contribution in [0.2, 0.25) is 0 Å². The Morgan fingerprint density at radius 1 is 1.13 bits per heavy atom. The summed E-state index contributed by atoms with van der Waals surface area (Å²) in [5, 5.41) is 14.4. The molecule has 0 bridgehead atoms. The third kappa shape index (κ3) is 4.60. The molecular formula is C23H25N5O2S. The Morgan fingerprint density at radius 2 is 1.84 bits per heavy atom. The maximum Gasteiger partial charge on any atom is 0.229 e. The highest BCUT2D eigenvalue weighted by atomic mass is 32.2. The predicted octanol–water partition coefficient (Wildman–Crippen LogP) is 4.88. The van der Waals surface area contributed by atoms with Crippen molar-refractivity contribution >= 4 is 38.0 Å². The number of fused-ring (bicyclic) bond motifs is 1. The van der Waals surface area contributed by atoms with Crippen molar-refractivity contribution in [1.29, 1.82) is 0 Å². The molecule has 31 heavy (non-hydrogen) atoms. The van der Waals surface area contributed by atoms with E-state index in [0.29, 0.717) is 11.6 Å². The van der Waals surface area contributed by atoms with Crippen LogP contribution in [0.5, 0.6) is 0 Å². The van der Waals surface area contributed by atoms with Gasteiger partial charge in [0.15, 0.2) is 0 Å². The lowest BCUT2D eigenvalue weighted by molar-refractivity contribution is 0.201. The molecule has 0 spiro atoms. The van der Waals surface area contributed by atoms with Crippen molar-refractivity contribution in [2.75, 3.05) is 17.8 Å². The van der Waals surface area contributed by atoms with Gasteiger partial charge in [0, 0.05) is 56.8 Å². The highest BCUT2D eigenvalue weighted by Crippen LogP contribution is 2.30. The first-order chi connectivity index (χ1) is 14.7. The van der Waals surface area contributed by atoms with Crippen molar-refractivity contribution in [3.05, 3.63) is 72.1 Å². The zero-order valence-corrected chi connectivity index (χ0v) is 18.7. The molecule has 0 aliphatic carbocycles. The number of aliphatic hydroxyl groups excluding tert-OH is 1. The van der Waals surface area contributed by atoms with E-state index in [2.05, 4.69) is 14.7 Å². The monoisotopic (exact) mass is 435 g/mol. The maximum atomic E-state index is 11.9. The Bertz CT molecular complexity index is 1360. The molecule has 0 aliphatic heterocycles. The van der Waals surface area contributed by atoms with Gasteiger partial charge in [-0.3, -0.25) is 0 Å². The van der Waals surface area contributed by atoms with E-state index in [1.807, 2.05) is 54.1 Å². The highest BCUT2D eigenvalue weighted by Gasteiger charge is 2.15. The molecule has 0 radical (unpaired) electrons. The summed E-state index contributed by atoms with van der Waals surface area (Å²) in [5.41, 5.74) is 4.20. The quantitative estimate of drug-likeness (QED) is 0.466. The maximum absolute atomic E-state index is 11.9. The van der Waals surface area contributed by atoms with E-state index in [1.165, 1.54) is 0 Å². The first-order valence-corrected chi connectivity index (χ1v) is 12.2. The van der Waals surface area contributed by atoms with Gasteiger partial charge in [0.05, 0.1) is 17.3 Å². The molecule has 2 aromatic carbocycles. The molecule has 2 heterocycles. The summed E-state index contributed by atoms with van der Waals surface area (Å²) < 4.78 is 18.0. The lowest BCUT2D eigenvalue weighted by atomic mass is 10.1. The Kier molecular flexibility index (Phi) is 5.51. The molecular weight excluding hydrogens is 410 g/mol. The SMILES string of the molecule is Cc1cnc(Nc2ccc(N=S(C)(C)=O)cc2)nc1-n1cc(C(C)O)c2ccccc21. The van der Waals surface area contributed by atoms with Crippen molar-refractivity contribution in [2.24, 2.45) is 4.36 Å². The van der Waals surface area contributed by atoms with E-state index in [1.54, 1.807) is 37.8 Å². The molecule has 0 saturated carbocycles. The second kappa shape index (κ2) is 8.13. The lowest BCUT2D eigenvalue weighted by Crippen LogP contribution is -2.04. The Morgan fingerprint density at radius 3 is 2.52 bits per heavy atom. The third-order valence-corrected chi connectivity index (χ3v) is 5.47. The van der Waals surface area contributed by atoms with Crippen molar-refractivity contribution < 1.29 is 9.32 Å². The second-order valence-electron chi connectivity index (χ2n) is 7.79. The molecule has 2 aromatic heterocycles. The fourth-order valence-corrected chi connectivity index (χ4v) is 4.07. The minimum Gasteiger partial charge on any atom is -0.389 e. The number of aromatic nitrogens is 3. The molecule has 0 aliphatic rings. The van der Waals surface area contributed by atoms with Crippen LogP contribution < -0.4 is 5.32 Å². The smallest absolute Gasteiger partial charge is 0.229 e. The van der Waals surface area contributed by atoms with E-state index in [4.69, 9.17) is 4.98 Å². The predicted molar refractivity (Wildman–Crippen MR) is 126 cm³/mol. The number of hydrogen-bond donors (Lipinski definition) is 2. The largest absolute Gasteiger partial charge is 0.389 e. The fraction of sp³-hybridized carbons (Fsp3) is 0.217. The average molecular weight is 436 g/mol. The van der Waals surface area contributed by atoms with Crippen LogP contribution in [0.15, 0.2) is 65.3 Å². The molecule has 0 amide bonds. The standard InChI is InChI=1S/C23H25N5O2S/c1-15-13-24-23(25-17-9-11-18(12-10-17)27-31(3,4)30)26-22(15)28-14-20(16(2)29)19-7-5-6-8-21(19)28/h5-14,16,29H,1-4H3,(H,24,25,26). The summed E-state index contributed by atoms with van der Waals surface area (Å²) in [7, 11) is -2.20. The van der Waals surface area contributed by atoms with Gasteiger partial charge in [-0.2, -0.15) is 9.35 Å². The van der Waals surface area contributed by atoms with Crippen molar-refractivity contribution in [2.45, 2.75) is 20.0 Å². The first kappa shape index (κ1) is 21.0. The van der Waals surface area contributed by atoms with E-state index in [-0.39, 0.29) is 0 Å². The summed E-state index contributed by atoms with van der Waals surface area (Å²) in [4.78, 5) is 9.14. The second-order valence-corrected chi connectivity index (χ2v) is 10.3. The molecule has 0 saturated heterocycles. The highest BCUT2D eigenvalue weighted by molar-refractivity contribution is 7.92. The molecule has 0 fully saturated rings. The van der Waals surface area contributed by atoms with E-state index < -0.39 is 15.8 Å². The number of nitrogens with one attached hydrogen (secondary N) is 1. The molecule has 4 rings (SSSR count). The number of anilines is 2. The summed E-state index contributed by atoms with van der Waals surface area (Å²) >= 11 is 0. The number of rotatable bonds is 5. The van der Waals surface area contributed by atoms with Crippen LogP contribution in [-0.2, 0) is 9.73 Å². The van der Waals surface area contributed by atoms with Gasteiger partial charge in [-0.05, 0) is 44.2 Å². The zero-order valence-electron chi connectivity index (χ0n) is 17.9. The molecule has 4 aromatic rings. The Labute approximate surface area is 182 Å². The van der Waals surface area contributed by atoms with Gasteiger partial charge in [-0.25, -0.2) is 9.19 Å². The molecule has 160 valence electrons. The number of hydrogen-bond acceptors (Lipinski definition) is 6. The topological polar surface area (TPSA) is 92.4 Å². The molecule has 1 atom stereocenters. The Hall–Kier alpha value is -3.23. The minimum atomic E-state index is -2.20. The average Bonchev–Trinajstić information content (AvgIpc) is 3.10. The first-order valence-electron chi connectivity index (χ1n) is 9.87. The van der Waals surface area contributed by atoms with Gasteiger partial charge in [-0.1, -0.05) is 18.2 Å². The summed E-state index contributed by atoms with van der Waals surface area (Å²) in [6.45, 7) is 3.72. The van der Waals surface area contributed by atoms with Gasteiger partial charge in [-0.15, -0.1) is 0 Å². The lowest BCUT2D eigenvalue weighted by Gasteiger charge is -2.11. The van der Waals surface area contributed by atoms with Crippen LogP contribution in [0.4, 0.5) is 17.3 Å². The van der Waals surface area contributed by atoms with Gasteiger partial charge < -0.3 is 15.0 Å². The van der Waals surface area contributed by atoms with Crippen LogP contribution >= 0.6 is 0 Å². The summed E-state index contributed by atoms with van der Waals surface area (Å²) in [6.07, 6.45) is 6.33. The number of aliphatic hydroxyl groups is 1. The number of nitrogens with zero attached hydrogens (tertiary/aromatic N) is 4. The summed E-state index contributed by atoms with van der Waals surface area (Å²) in [6, 6.07) is 15.3. The van der Waals surface area contributed by atoms with Gasteiger partial charge in [0.2, 0.25) is 5.95 Å². The fourth-order valence-electron chi connectivity index (χ4n) is 3.44. The zero-order chi connectivity index (χ0) is 22.2. The van der Waals surface area contributed by atoms with Crippen LogP contribution in [0.3, 0.4) is 0 Å². The number of aryl methyl sites for hydroxylation is 1. The van der Waals surface area contributed by atoms with Crippen LogP contribution in [0, 0.1) is 6.92 Å². The van der Waals surface area contributed by atoms with Gasteiger partial charge >= 0.3 is 0 Å². The molecule has 1 unspecified atom stereocenters. The van der Waals surface area contributed by atoms with Crippen molar-refractivity contribution in [3.8, 4) is 5.82 Å². The van der Waals surface area contributed by atoms with Crippen LogP contribution in [-0.4, -0.2) is 36.4 Å². The van der Waals surface area contributed by atoms with Crippen molar-refractivity contribution in [1.82, 2.24) is 14.5 Å². The number of benzene rings is 2. The summed E-state index contributed by atoms with van der Waals surface area (Å²) in [5.74, 6) is 1.19. The van der Waals surface area contributed by atoms with Gasteiger partial charge in [0.25, 0.3) is 0 Å². The van der Waals surface area contributed by atoms with E-state index in [9.17, 15) is 9.32 Å². The molecule has 8 heteroatoms. The van der Waals surface area contributed by atoms with Gasteiger partial charge in [0.1, 0.15) is 5.82 Å². The number of para-hydroxylation sites is 1. The van der Waals surface area contributed by atoms with E-state index >= 15 is 0 Å². The third-order valence-electron chi connectivity index (χ3n) is 4.81. The normalized spacial score (nSPS) is 12.7. The molecule has 7 nitrogen and oxygen atoms in total. The van der Waals surface area contributed by atoms with Crippen molar-refractivity contribution in [3.63, 3.8) is 0 Å². The van der Waals surface area contributed by atoms with E-state index in [0.717, 1.165) is 33.5 Å². The van der Waals surface area contributed by atoms with Crippen LogP contribution in [0.25, 0.3) is 16.7 Å².